The standard InChI is InChI=1S/C4H11O3P/c1-4-8(5,6-2)7-3/h4-5,8H,1H2,2-3H3. The van der Waals surface area contributed by atoms with Crippen LogP contribution in [-0.2, 0) is 9.05 Å². The fourth-order valence-electron chi connectivity index (χ4n) is 0.250. The van der Waals surface area contributed by atoms with Gasteiger partial charge in [-0.2, -0.15) is 0 Å². The monoisotopic (exact) mass is 138 g/mol. The zero-order valence-corrected chi connectivity index (χ0v) is 6.05. The van der Waals surface area contributed by atoms with Crippen LogP contribution >= 0.6 is 7.94 Å². The average molecular weight is 138 g/mol. The van der Waals surface area contributed by atoms with Crippen LogP contribution in [0, 0.1) is 0 Å². The van der Waals surface area contributed by atoms with Gasteiger partial charge < -0.3 is 0 Å². The second-order valence-electron chi connectivity index (χ2n) is 1.24. The van der Waals surface area contributed by atoms with Gasteiger partial charge in [0.2, 0.25) is 0 Å². The molecule has 0 aliphatic carbocycles. The normalized spacial score (nSPS) is 13.4. The van der Waals surface area contributed by atoms with Gasteiger partial charge in [0.05, 0.1) is 0 Å². The van der Waals surface area contributed by atoms with Crippen LogP contribution in [0.25, 0.3) is 0 Å². The topological polar surface area (TPSA) is 38.7 Å². The van der Waals surface area contributed by atoms with Crippen LogP contribution in [0.4, 0.5) is 0 Å². The third-order valence-corrected chi connectivity index (χ3v) is 2.53. The molecule has 1 N–H and O–H groups in total. The van der Waals surface area contributed by atoms with Crippen molar-refractivity contribution < 1.29 is 13.9 Å². The van der Waals surface area contributed by atoms with E-state index in [9.17, 15) is 0 Å². The number of hydrogen-bond acceptors (Lipinski definition) is 3. The molecule has 50 valence electrons. The van der Waals surface area contributed by atoms with E-state index in [1.165, 1.54) is 20.0 Å². The molecular weight excluding hydrogens is 127 g/mol. The summed E-state index contributed by atoms with van der Waals surface area (Å²) in [7, 11) is -0.135. The van der Waals surface area contributed by atoms with E-state index < -0.39 is 7.94 Å². The molecule has 0 atom stereocenters. The summed E-state index contributed by atoms with van der Waals surface area (Å²) in [6.07, 6.45) is 0. The van der Waals surface area contributed by atoms with Gasteiger partial charge in [0, 0.05) is 0 Å². The van der Waals surface area contributed by atoms with Gasteiger partial charge in [-0.15, -0.1) is 0 Å². The molecule has 3 nitrogen and oxygen atoms in total. The molecule has 8 heavy (non-hydrogen) atoms. The quantitative estimate of drug-likeness (QED) is 0.589. The molecule has 0 rings (SSSR count). The predicted octanol–water partition coefficient (Wildman–Crippen LogP) is 0.910. The Bertz CT molecular complexity index is 79.4. The first kappa shape index (κ1) is 8.05. The van der Waals surface area contributed by atoms with Crippen molar-refractivity contribution in [2.24, 2.45) is 0 Å². The molecular formula is C4H11O3P. The van der Waals surface area contributed by atoms with Crippen molar-refractivity contribution in [1.29, 1.82) is 0 Å². The SMILES string of the molecule is C=C[PH](O)(OC)OC. The summed E-state index contributed by atoms with van der Waals surface area (Å²) in [4.78, 5) is 9.01. The van der Waals surface area contributed by atoms with Crippen LogP contribution in [0.3, 0.4) is 0 Å². The summed E-state index contributed by atoms with van der Waals surface area (Å²) in [5.41, 5.74) is 0. The van der Waals surface area contributed by atoms with Gasteiger partial charge in [0.15, 0.2) is 0 Å². The molecule has 0 saturated heterocycles. The van der Waals surface area contributed by atoms with Gasteiger partial charge >= 0.3 is 48.5 Å². The van der Waals surface area contributed by atoms with Crippen molar-refractivity contribution in [3.05, 3.63) is 12.4 Å². The number of rotatable bonds is 3. The summed E-state index contributed by atoms with van der Waals surface area (Å²) in [5, 5.41) is 0. The second-order valence-corrected chi connectivity index (χ2v) is 3.73. The Kier molecular flexibility index (Phi) is 3.17. The molecule has 0 fully saturated rings. The molecule has 0 aromatic rings. The van der Waals surface area contributed by atoms with Crippen LogP contribution in [0.15, 0.2) is 12.4 Å². The molecule has 0 aromatic carbocycles. The first-order chi connectivity index (χ1) is 3.68. The Morgan fingerprint density at radius 2 is 1.88 bits per heavy atom. The van der Waals surface area contributed by atoms with E-state index in [-0.39, 0.29) is 0 Å². The Morgan fingerprint density at radius 3 is 1.88 bits per heavy atom. The van der Waals surface area contributed by atoms with Crippen LogP contribution < -0.4 is 0 Å². The zero-order valence-electron chi connectivity index (χ0n) is 5.05. The van der Waals surface area contributed by atoms with E-state index in [1.54, 1.807) is 0 Å². The number of hydrogen-bond donors (Lipinski definition) is 1. The maximum absolute atomic E-state index is 9.01. The van der Waals surface area contributed by atoms with Crippen molar-refractivity contribution in [2.45, 2.75) is 0 Å². The van der Waals surface area contributed by atoms with Gasteiger partial charge in [-0.05, 0) is 0 Å². The fourth-order valence-corrected chi connectivity index (χ4v) is 0.750. The third-order valence-electron chi connectivity index (χ3n) is 0.843. The summed E-state index contributed by atoms with van der Waals surface area (Å²) in [5.74, 6) is 1.30. The molecule has 0 radical (unpaired) electrons. The predicted molar refractivity (Wildman–Crippen MR) is 34.7 cm³/mol. The van der Waals surface area contributed by atoms with Crippen molar-refractivity contribution in [3.63, 3.8) is 0 Å². The van der Waals surface area contributed by atoms with Crippen LogP contribution in [0.2, 0.25) is 0 Å². The van der Waals surface area contributed by atoms with Crippen LogP contribution in [-0.4, -0.2) is 19.1 Å². The molecule has 0 amide bonds. The third kappa shape index (κ3) is 1.88. The summed E-state index contributed by atoms with van der Waals surface area (Å²) in [6, 6.07) is 0. The van der Waals surface area contributed by atoms with Crippen LogP contribution in [0.1, 0.15) is 0 Å². The summed E-state index contributed by atoms with van der Waals surface area (Å²) >= 11 is 0. The minimum absolute atomic E-state index is 1.30. The molecule has 0 saturated carbocycles. The second kappa shape index (κ2) is 3.15. The van der Waals surface area contributed by atoms with Crippen molar-refractivity contribution in [1.82, 2.24) is 0 Å². The minimum atomic E-state index is -2.91. The zero-order chi connectivity index (χ0) is 6.62. The Hall–Kier alpha value is 0.0500. The Balaban J connectivity index is 3.76. The van der Waals surface area contributed by atoms with E-state index in [0.717, 1.165) is 0 Å². The van der Waals surface area contributed by atoms with Crippen LogP contribution in [0.5, 0.6) is 0 Å². The van der Waals surface area contributed by atoms with Gasteiger partial charge in [0.1, 0.15) is 0 Å². The van der Waals surface area contributed by atoms with Crippen molar-refractivity contribution >= 4 is 7.94 Å². The Labute approximate surface area is 49.5 Å². The van der Waals surface area contributed by atoms with Gasteiger partial charge in [-0.1, -0.05) is 0 Å². The molecule has 0 spiro atoms. The van der Waals surface area contributed by atoms with E-state index >= 15 is 0 Å². The molecule has 0 heterocycles. The summed E-state index contributed by atoms with van der Waals surface area (Å²) < 4.78 is 9.18. The van der Waals surface area contributed by atoms with Crippen molar-refractivity contribution in [2.75, 3.05) is 14.2 Å². The molecule has 0 aromatic heterocycles. The van der Waals surface area contributed by atoms with Gasteiger partial charge in [-0.25, -0.2) is 0 Å². The molecule has 0 bridgehead atoms. The van der Waals surface area contributed by atoms with E-state index in [0.29, 0.717) is 0 Å². The molecule has 0 aliphatic heterocycles. The first-order valence-electron chi connectivity index (χ1n) is 2.15. The summed E-state index contributed by atoms with van der Waals surface area (Å²) in [6.45, 7) is 3.34. The first-order valence-corrected chi connectivity index (χ1v) is 3.99. The molecule has 0 aliphatic rings. The van der Waals surface area contributed by atoms with Crippen molar-refractivity contribution in [3.8, 4) is 0 Å². The van der Waals surface area contributed by atoms with E-state index in [1.807, 2.05) is 0 Å². The fraction of sp³-hybridized carbons (Fsp3) is 0.500. The maximum atomic E-state index is 9.01. The Morgan fingerprint density at radius 1 is 1.50 bits per heavy atom. The van der Waals surface area contributed by atoms with Gasteiger partial charge in [-0.3, -0.25) is 0 Å². The van der Waals surface area contributed by atoms with Gasteiger partial charge in [0.25, 0.3) is 0 Å². The molecule has 0 unspecified atom stereocenters. The average Bonchev–Trinajstić information content (AvgIpc) is 1.87. The van der Waals surface area contributed by atoms with E-state index in [2.05, 4.69) is 15.6 Å². The van der Waals surface area contributed by atoms with E-state index in [4.69, 9.17) is 4.89 Å². The molecule has 4 heteroatoms.